The Labute approximate surface area is 125 Å². The molecule has 0 saturated heterocycles. The molecule has 21 heavy (non-hydrogen) atoms. The maximum Gasteiger partial charge on any atom is 0.138 e. The van der Waals surface area contributed by atoms with Crippen molar-refractivity contribution in [2.75, 3.05) is 40.5 Å². The molecular formula is C15H24FN3O2. The maximum absolute atomic E-state index is 14.3. The summed E-state index contributed by atoms with van der Waals surface area (Å²) in [5.41, 5.74) is 6.07. The van der Waals surface area contributed by atoms with E-state index in [1.54, 1.807) is 26.4 Å². The third-order valence-corrected chi connectivity index (χ3v) is 3.20. The summed E-state index contributed by atoms with van der Waals surface area (Å²) in [6.07, 6.45) is 0.869. The number of nitrogens with two attached hydrogens (primary N) is 1. The second kappa shape index (κ2) is 9.44. The summed E-state index contributed by atoms with van der Waals surface area (Å²) in [4.78, 5) is 2.10. The minimum atomic E-state index is -0.417. The lowest BCUT2D eigenvalue weighted by Gasteiger charge is -2.22. The lowest BCUT2D eigenvalue weighted by molar-refractivity contribution is 0.128. The number of ether oxygens (including phenoxy) is 2. The number of halogens is 1. The number of benzene rings is 1. The standard InChI is InChI=1S/C15H24FN3O2/c1-20-9-4-7-19(8-10-21-2)11-12-5-3-6-13(14(12)16)15(17)18/h3,5-6H,4,7-11H2,1-2H3,(H3,17,18). The van der Waals surface area contributed by atoms with Gasteiger partial charge in [0.25, 0.3) is 0 Å². The highest BCUT2D eigenvalue weighted by Crippen LogP contribution is 2.15. The van der Waals surface area contributed by atoms with Gasteiger partial charge in [0.2, 0.25) is 0 Å². The van der Waals surface area contributed by atoms with E-state index >= 15 is 0 Å². The Hall–Kier alpha value is -1.50. The fourth-order valence-electron chi connectivity index (χ4n) is 2.07. The van der Waals surface area contributed by atoms with Crippen molar-refractivity contribution in [3.8, 4) is 0 Å². The Bertz CT molecular complexity index is 455. The summed E-state index contributed by atoms with van der Waals surface area (Å²) in [5, 5.41) is 7.39. The van der Waals surface area contributed by atoms with Gasteiger partial charge in [-0.25, -0.2) is 4.39 Å². The average Bonchev–Trinajstić information content (AvgIpc) is 2.46. The molecule has 3 N–H and O–H groups in total. The fourth-order valence-corrected chi connectivity index (χ4v) is 2.07. The van der Waals surface area contributed by atoms with E-state index in [-0.39, 0.29) is 11.4 Å². The SMILES string of the molecule is COCCCN(CCOC)Cc1cccc(C(=N)N)c1F. The Morgan fingerprint density at radius 2 is 1.95 bits per heavy atom. The van der Waals surface area contributed by atoms with Gasteiger partial charge >= 0.3 is 0 Å². The molecule has 0 aromatic heterocycles. The monoisotopic (exact) mass is 297 g/mol. The average molecular weight is 297 g/mol. The predicted octanol–water partition coefficient (Wildman–Crippen LogP) is 1.59. The van der Waals surface area contributed by atoms with Gasteiger partial charge in [0.1, 0.15) is 11.7 Å². The van der Waals surface area contributed by atoms with Gasteiger partial charge in [0.05, 0.1) is 12.2 Å². The van der Waals surface area contributed by atoms with Gasteiger partial charge in [-0.15, -0.1) is 0 Å². The van der Waals surface area contributed by atoms with Crippen LogP contribution in [0.5, 0.6) is 0 Å². The van der Waals surface area contributed by atoms with Crippen molar-refractivity contribution >= 4 is 5.84 Å². The molecule has 5 nitrogen and oxygen atoms in total. The molecule has 0 atom stereocenters. The molecule has 1 rings (SSSR count). The molecule has 0 fully saturated rings. The van der Waals surface area contributed by atoms with Crippen molar-refractivity contribution in [1.29, 1.82) is 5.41 Å². The number of nitrogens with zero attached hydrogens (tertiary/aromatic N) is 1. The highest BCUT2D eigenvalue weighted by Gasteiger charge is 2.13. The summed E-state index contributed by atoms with van der Waals surface area (Å²) in [5.74, 6) is -0.670. The van der Waals surface area contributed by atoms with Gasteiger partial charge in [-0.3, -0.25) is 10.3 Å². The van der Waals surface area contributed by atoms with Gasteiger partial charge in [0, 0.05) is 46.0 Å². The van der Waals surface area contributed by atoms with Crippen molar-refractivity contribution in [1.82, 2.24) is 4.90 Å². The van der Waals surface area contributed by atoms with Crippen molar-refractivity contribution in [2.45, 2.75) is 13.0 Å². The first-order valence-electron chi connectivity index (χ1n) is 6.92. The highest BCUT2D eigenvalue weighted by molar-refractivity contribution is 5.95. The minimum Gasteiger partial charge on any atom is -0.385 e. The number of methoxy groups -OCH3 is 2. The molecule has 1 aromatic rings. The normalized spacial score (nSPS) is 11.0. The minimum absolute atomic E-state index is 0.149. The summed E-state index contributed by atoms with van der Waals surface area (Å²) in [7, 11) is 3.31. The van der Waals surface area contributed by atoms with E-state index in [1.165, 1.54) is 6.07 Å². The van der Waals surface area contributed by atoms with E-state index in [9.17, 15) is 4.39 Å². The molecule has 0 spiro atoms. The predicted molar refractivity (Wildman–Crippen MR) is 81.1 cm³/mol. The van der Waals surface area contributed by atoms with Crippen LogP contribution >= 0.6 is 0 Å². The summed E-state index contributed by atoms with van der Waals surface area (Å²) in [6.45, 7) is 3.21. The smallest absolute Gasteiger partial charge is 0.138 e. The molecule has 0 heterocycles. The van der Waals surface area contributed by atoms with Crippen molar-refractivity contribution in [2.24, 2.45) is 5.73 Å². The van der Waals surface area contributed by atoms with Crippen LogP contribution in [0.25, 0.3) is 0 Å². The summed E-state index contributed by atoms with van der Waals surface area (Å²) < 4.78 is 24.4. The fraction of sp³-hybridized carbons (Fsp3) is 0.533. The maximum atomic E-state index is 14.3. The van der Waals surface area contributed by atoms with E-state index in [1.807, 2.05) is 0 Å². The molecule has 0 unspecified atom stereocenters. The van der Waals surface area contributed by atoms with Crippen LogP contribution in [0.1, 0.15) is 17.5 Å². The van der Waals surface area contributed by atoms with Crippen LogP contribution in [0.3, 0.4) is 0 Å². The topological polar surface area (TPSA) is 71.6 Å². The Morgan fingerprint density at radius 3 is 2.57 bits per heavy atom. The number of hydrogen-bond donors (Lipinski definition) is 2. The zero-order valence-corrected chi connectivity index (χ0v) is 12.7. The van der Waals surface area contributed by atoms with Gasteiger partial charge in [-0.05, 0) is 12.5 Å². The molecule has 0 bridgehead atoms. The lowest BCUT2D eigenvalue weighted by Crippen LogP contribution is -2.29. The first-order valence-corrected chi connectivity index (χ1v) is 6.92. The first kappa shape index (κ1) is 17.6. The van der Waals surface area contributed by atoms with Gasteiger partial charge in [0.15, 0.2) is 0 Å². The van der Waals surface area contributed by atoms with Crippen LogP contribution in [-0.2, 0) is 16.0 Å². The lowest BCUT2D eigenvalue weighted by atomic mass is 10.1. The number of hydrogen-bond acceptors (Lipinski definition) is 4. The van der Waals surface area contributed by atoms with Crippen LogP contribution < -0.4 is 5.73 Å². The number of rotatable bonds is 10. The van der Waals surface area contributed by atoms with Crippen LogP contribution in [0.4, 0.5) is 4.39 Å². The van der Waals surface area contributed by atoms with Crippen molar-refractivity contribution in [3.05, 3.63) is 35.1 Å². The number of nitrogens with one attached hydrogen (secondary N) is 1. The quantitative estimate of drug-likeness (QED) is 0.391. The van der Waals surface area contributed by atoms with Crippen molar-refractivity contribution < 1.29 is 13.9 Å². The van der Waals surface area contributed by atoms with E-state index < -0.39 is 5.82 Å². The molecule has 0 aliphatic rings. The Morgan fingerprint density at radius 1 is 1.24 bits per heavy atom. The second-order valence-corrected chi connectivity index (χ2v) is 4.81. The molecule has 0 saturated carbocycles. The second-order valence-electron chi connectivity index (χ2n) is 4.81. The third-order valence-electron chi connectivity index (χ3n) is 3.20. The van der Waals surface area contributed by atoms with Gasteiger partial charge in [-0.2, -0.15) is 0 Å². The van der Waals surface area contributed by atoms with Crippen molar-refractivity contribution in [3.63, 3.8) is 0 Å². The molecule has 6 heteroatoms. The Kier molecular flexibility index (Phi) is 7.89. The van der Waals surface area contributed by atoms with Gasteiger partial charge in [-0.1, -0.05) is 12.1 Å². The highest BCUT2D eigenvalue weighted by atomic mass is 19.1. The number of amidine groups is 1. The van der Waals surface area contributed by atoms with Crippen LogP contribution in [0.15, 0.2) is 18.2 Å². The van der Waals surface area contributed by atoms with E-state index in [0.717, 1.165) is 13.0 Å². The first-order chi connectivity index (χ1) is 10.1. The third kappa shape index (κ3) is 5.79. The zero-order valence-electron chi connectivity index (χ0n) is 12.7. The molecular weight excluding hydrogens is 273 g/mol. The molecule has 0 amide bonds. The molecule has 0 radical (unpaired) electrons. The molecule has 1 aromatic carbocycles. The molecule has 0 aliphatic heterocycles. The van der Waals surface area contributed by atoms with Gasteiger partial charge < -0.3 is 15.2 Å². The van der Waals surface area contributed by atoms with Crippen LogP contribution in [-0.4, -0.2) is 51.3 Å². The van der Waals surface area contributed by atoms with E-state index in [2.05, 4.69) is 4.90 Å². The molecule has 118 valence electrons. The van der Waals surface area contributed by atoms with E-state index in [4.69, 9.17) is 20.6 Å². The van der Waals surface area contributed by atoms with Crippen LogP contribution in [0, 0.1) is 11.2 Å². The number of nitrogen functional groups attached to an aromatic ring is 1. The summed E-state index contributed by atoms with van der Waals surface area (Å²) in [6, 6.07) is 4.96. The van der Waals surface area contributed by atoms with E-state index in [0.29, 0.717) is 31.9 Å². The zero-order chi connectivity index (χ0) is 15.7. The Balaban J connectivity index is 2.77. The molecule has 0 aliphatic carbocycles. The van der Waals surface area contributed by atoms with Crippen LogP contribution in [0.2, 0.25) is 0 Å². The largest absolute Gasteiger partial charge is 0.385 e. The summed E-state index contributed by atoms with van der Waals surface area (Å²) >= 11 is 0.